The van der Waals surface area contributed by atoms with Gasteiger partial charge >= 0.3 is 0 Å². The number of rotatable bonds is 8. The number of halogens is 1. The van der Waals surface area contributed by atoms with Crippen LogP contribution in [-0.2, 0) is 9.59 Å². The maximum Gasteiger partial charge on any atom is 0.224 e. The van der Waals surface area contributed by atoms with E-state index in [0.717, 1.165) is 25.8 Å². The molecule has 6 heteroatoms. The average molecular weight is 363 g/mol. The van der Waals surface area contributed by atoms with Gasteiger partial charge in [0.05, 0.1) is 5.69 Å². The fourth-order valence-corrected chi connectivity index (χ4v) is 3.27. The highest BCUT2D eigenvalue weighted by Gasteiger charge is 2.23. The third kappa shape index (κ3) is 5.71. The van der Waals surface area contributed by atoms with Gasteiger partial charge in [-0.25, -0.2) is 4.39 Å². The molecule has 1 aromatic rings. The molecular formula is C20H30FN3O2. The molecule has 5 nitrogen and oxygen atoms in total. The Labute approximate surface area is 155 Å². The molecule has 0 radical (unpaired) electrons. The minimum Gasteiger partial charge on any atom is -0.366 e. The standard InChI is InChI=1S/C20H30FN3O2/c1-3-4-7-11-22(17(2)25)12-10-20(26)24-15-13-23(14-16-24)19-9-6-5-8-18(19)21/h5-6,8-9H,3-4,7,10-16H2,1-2H3. The van der Waals surface area contributed by atoms with Crippen molar-refractivity contribution in [2.45, 2.75) is 39.5 Å². The summed E-state index contributed by atoms with van der Waals surface area (Å²) in [5.74, 6) is -0.130. The molecule has 1 aromatic carbocycles. The van der Waals surface area contributed by atoms with Crippen LogP contribution in [0.5, 0.6) is 0 Å². The zero-order valence-electron chi connectivity index (χ0n) is 15.9. The van der Waals surface area contributed by atoms with E-state index in [1.54, 1.807) is 24.0 Å². The zero-order valence-corrected chi connectivity index (χ0v) is 15.9. The molecule has 0 bridgehead atoms. The molecule has 0 atom stereocenters. The molecule has 0 spiro atoms. The number of hydrogen-bond acceptors (Lipinski definition) is 3. The average Bonchev–Trinajstić information content (AvgIpc) is 2.64. The van der Waals surface area contributed by atoms with E-state index >= 15 is 0 Å². The molecule has 1 fully saturated rings. The van der Waals surface area contributed by atoms with Crippen LogP contribution in [0.15, 0.2) is 24.3 Å². The maximum atomic E-state index is 13.9. The fraction of sp³-hybridized carbons (Fsp3) is 0.600. The lowest BCUT2D eigenvalue weighted by molar-refractivity contribution is -0.133. The number of hydrogen-bond donors (Lipinski definition) is 0. The van der Waals surface area contributed by atoms with Crippen molar-refractivity contribution in [1.29, 1.82) is 0 Å². The molecule has 26 heavy (non-hydrogen) atoms. The molecule has 0 unspecified atom stereocenters. The minimum atomic E-state index is -0.226. The Morgan fingerprint density at radius 1 is 1.08 bits per heavy atom. The van der Waals surface area contributed by atoms with Crippen LogP contribution in [0.4, 0.5) is 10.1 Å². The summed E-state index contributed by atoms with van der Waals surface area (Å²) in [5, 5.41) is 0. The lowest BCUT2D eigenvalue weighted by Crippen LogP contribution is -2.49. The molecule has 2 amide bonds. The highest BCUT2D eigenvalue weighted by molar-refractivity contribution is 5.78. The first kappa shape index (κ1) is 20.2. The van der Waals surface area contributed by atoms with E-state index in [1.807, 2.05) is 15.9 Å². The summed E-state index contributed by atoms with van der Waals surface area (Å²) in [5.41, 5.74) is 0.596. The second-order valence-corrected chi connectivity index (χ2v) is 6.78. The van der Waals surface area contributed by atoms with Crippen molar-refractivity contribution in [2.75, 3.05) is 44.2 Å². The smallest absolute Gasteiger partial charge is 0.224 e. The quantitative estimate of drug-likeness (QED) is 0.667. The molecule has 1 aliphatic heterocycles. The number of piperazine rings is 1. The van der Waals surface area contributed by atoms with Gasteiger partial charge in [-0.3, -0.25) is 9.59 Å². The van der Waals surface area contributed by atoms with Gasteiger partial charge < -0.3 is 14.7 Å². The first-order valence-electron chi connectivity index (χ1n) is 9.55. The third-order valence-corrected chi connectivity index (χ3v) is 4.90. The minimum absolute atomic E-state index is 0.0262. The first-order chi connectivity index (χ1) is 12.5. The normalized spacial score (nSPS) is 14.4. The number of anilines is 1. The summed E-state index contributed by atoms with van der Waals surface area (Å²) in [6.45, 7) is 7.31. The summed E-state index contributed by atoms with van der Waals surface area (Å²) >= 11 is 0. The zero-order chi connectivity index (χ0) is 18.9. The van der Waals surface area contributed by atoms with Crippen LogP contribution in [0.3, 0.4) is 0 Å². The Bertz CT molecular complexity index is 600. The molecule has 2 rings (SSSR count). The largest absolute Gasteiger partial charge is 0.366 e. The maximum absolute atomic E-state index is 13.9. The van der Waals surface area contributed by atoms with E-state index in [4.69, 9.17) is 0 Å². The second-order valence-electron chi connectivity index (χ2n) is 6.78. The van der Waals surface area contributed by atoms with Gasteiger partial charge in [0.15, 0.2) is 0 Å². The topological polar surface area (TPSA) is 43.9 Å². The fourth-order valence-electron chi connectivity index (χ4n) is 3.27. The van der Waals surface area contributed by atoms with Crippen molar-refractivity contribution in [2.24, 2.45) is 0 Å². The van der Waals surface area contributed by atoms with Gasteiger partial charge in [-0.1, -0.05) is 31.9 Å². The highest BCUT2D eigenvalue weighted by atomic mass is 19.1. The van der Waals surface area contributed by atoms with Crippen molar-refractivity contribution in [1.82, 2.24) is 9.80 Å². The van der Waals surface area contributed by atoms with Gasteiger partial charge in [0.2, 0.25) is 11.8 Å². The van der Waals surface area contributed by atoms with E-state index in [1.165, 1.54) is 6.07 Å². The summed E-state index contributed by atoms with van der Waals surface area (Å²) in [7, 11) is 0. The molecule has 1 saturated heterocycles. The van der Waals surface area contributed by atoms with Gasteiger partial charge in [-0.15, -0.1) is 0 Å². The molecule has 0 aliphatic carbocycles. The van der Waals surface area contributed by atoms with Crippen LogP contribution in [0.1, 0.15) is 39.5 Å². The molecular weight excluding hydrogens is 333 g/mol. The summed E-state index contributed by atoms with van der Waals surface area (Å²) in [6.07, 6.45) is 3.53. The highest BCUT2D eigenvalue weighted by Crippen LogP contribution is 2.20. The number of carbonyl (C=O) groups is 2. The lowest BCUT2D eigenvalue weighted by Gasteiger charge is -2.36. The number of nitrogens with zero attached hydrogens (tertiary/aromatic N) is 3. The first-order valence-corrected chi connectivity index (χ1v) is 9.55. The Morgan fingerprint density at radius 2 is 1.77 bits per heavy atom. The summed E-state index contributed by atoms with van der Waals surface area (Å²) in [6, 6.07) is 6.74. The van der Waals surface area contributed by atoms with E-state index in [-0.39, 0.29) is 17.6 Å². The predicted molar refractivity (Wildman–Crippen MR) is 102 cm³/mol. The monoisotopic (exact) mass is 363 g/mol. The summed E-state index contributed by atoms with van der Waals surface area (Å²) < 4.78 is 13.9. The predicted octanol–water partition coefficient (Wildman–Crippen LogP) is 2.90. The summed E-state index contributed by atoms with van der Waals surface area (Å²) in [4.78, 5) is 29.7. The van der Waals surface area contributed by atoms with Crippen LogP contribution < -0.4 is 4.90 Å². The molecule has 0 saturated carbocycles. The van der Waals surface area contributed by atoms with Gasteiger partial charge in [0.1, 0.15) is 5.82 Å². The van der Waals surface area contributed by atoms with Gasteiger partial charge in [0.25, 0.3) is 0 Å². The molecule has 1 heterocycles. The van der Waals surface area contributed by atoms with Crippen LogP contribution in [0, 0.1) is 5.82 Å². The third-order valence-electron chi connectivity index (χ3n) is 4.90. The van der Waals surface area contributed by atoms with Crippen molar-refractivity contribution in [3.05, 3.63) is 30.1 Å². The number of unbranched alkanes of at least 4 members (excludes halogenated alkanes) is 2. The van der Waals surface area contributed by atoms with Crippen molar-refractivity contribution in [3.8, 4) is 0 Å². The number of para-hydroxylation sites is 1. The van der Waals surface area contributed by atoms with Gasteiger partial charge in [-0.05, 0) is 18.6 Å². The Balaban J connectivity index is 1.78. The number of amides is 2. The van der Waals surface area contributed by atoms with Gasteiger partial charge in [0, 0.05) is 52.6 Å². The molecule has 1 aliphatic rings. The number of carbonyl (C=O) groups excluding carboxylic acids is 2. The van der Waals surface area contributed by atoms with E-state index < -0.39 is 0 Å². The lowest BCUT2D eigenvalue weighted by atomic mass is 10.2. The van der Waals surface area contributed by atoms with Crippen LogP contribution in [0.25, 0.3) is 0 Å². The van der Waals surface area contributed by atoms with E-state index in [9.17, 15) is 14.0 Å². The molecule has 0 N–H and O–H groups in total. The molecule has 144 valence electrons. The SMILES string of the molecule is CCCCCN(CCC(=O)N1CCN(c2ccccc2F)CC1)C(C)=O. The van der Waals surface area contributed by atoms with E-state index in [0.29, 0.717) is 44.8 Å². The van der Waals surface area contributed by atoms with Crippen molar-refractivity contribution in [3.63, 3.8) is 0 Å². The van der Waals surface area contributed by atoms with Crippen molar-refractivity contribution < 1.29 is 14.0 Å². The Morgan fingerprint density at radius 3 is 2.38 bits per heavy atom. The molecule has 0 aromatic heterocycles. The number of benzene rings is 1. The second kappa shape index (κ2) is 10.1. The van der Waals surface area contributed by atoms with Gasteiger partial charge in [-0.2, -0.15) is 0 Å². The Kier molecular flexibility index (Phi) is 7.88. The van der Waals surface area contributed by atoms with Crippen LogP contribution in [0.2, 0.25) is 0 Å². The van der Waals surface area contributed by atoms with Crippen LogP contribution in [-0.4, -0.2) is 60.9 Å². The Hall–Kier alpha value is -2.11. The van der Waals surface area contributed by atoms with Crippen molar-refractivity contribution >= 4 is 17.5 Å². The van der Waals surface area contributed by atoms with Crippen LogP contribution >= 0.6 is 0 Å². The van der Waals surface area contributed by atoms with E-state index in [2.05, 4.69) is 6.92 Å².